The topological polar surface area (TPSA) is 70.6 Å². The Kier molecular flexibility index (Phi) is 7.00. The standard InChI is InChI=1S/C14H19F4N3O2S/c1-3-24(22,23)7-6-20-13(19-2)21-9-10-4-5-11(15)8-12(10)14(16,17)18/h4-5,8H,3,6-7,9H2,1-2H3,(H2,19,20,21). The monoisotopic (exact) mass is 369 g/mol. The predicted molar refractivity (Wildman–Crippen MR) is 83.9 cm³/mol. The number of alkyl halides is 3. The molecule has 0 unspecified atom stereocenters. The minimum Gasteiger partial charge on any atom is -0.355 e. The van der Waals surface area contributed by atoms with Crippen LogP contribution in [0.1, 0.15) is 18.1 Å². The molecular weight excluding hydrogens is 350 g/mol. The molecule has 0 heterocycles. The maximum absolute atomic E-state index is 13.0. The molecule has 0 fully saturated rings. The summed E-state index contributed by atoms with van der Waals surface area (Å²) >= 11 is 0. The van der Waals surface area contributed by atoms with Crippen molar-refractivity contribution in [3.63, 3.8) is 0 Å². The Morgan fingerprint density at radius 1 is 1.25 bits per heavy atom. The highest BCUT2D eigenvalue weighted by molar-refractivity contribution is 7.91. The number of nitrogens with zero attached hydrogens (tertiary/aromatic N) is 1. The molecule has 0 aromatic heterocycles. The summed E-state index contributed by atoms with van der Waals surface area (Å²) in [6.07, 6.45) is -4.68. The molecule has 1 aromatic rings. The molecule has 2 N–H and O–H groups in total. The van der Waals surface area contributed by atoms with E-state index in [4.69, 9.17) is 0 Å². The van der Waals surface area contributed by atoms with Gasteiger partial charge < -0.3 is 10.6 Å². The molecule has 0 bridgehead atoms. The Hall–Kier alpha value is -1.84. The summed E-state index contributed by atoms with van der Waals surface area (Å²) in [7, 11) is -1.76. The van der Waals surface area contributed by atoms with E-state index >= 15 is 0 Å². The van der Waals surface area contributed by atoms with Gasteiger partial charge in [-0.15, -0.1) is 0 Å². The quantitative estimate of drug-likeness (QED) is 0.457. The van der Waals surface area contributed by atoms with E-state index in [9.17, 15) is 26.0 Å². The van der Waals surface area contributed by atoms with Crippen LogP contribution in [0.25, 0.3) is 0 Å². The Morgan fingerprint density at radius 3 is 2.46 bits per heavy atom. The highest BCUT2D eigenvalue weighted by atomic mass is 32.2. The van der Waals surface area contributed by atoms with Crippen molar-refractivity contribution in [1.82, 2.24) is 10.6 Å². The zero-order chi connectivity index (χ0) is 18.4. The summed E-state index contributed by atoms with van der Waals surface area (Å²) in [4.78, 5) is 3.80. The van der Waals surface area contributed by atoms with Gasteiger partial charge in [-0.25, -0.2) is 12.8 Å². The first-order valence-electron chi connectivity index (χ1n) is 7.09. The molecule has 0 atom stereocenters. The van der Waals surface area contributed by atoms with E-state index in [0.717, 1.165) is 12.1 Å². The van der Waals surface area contributed by atoms with E-state index in [1.165, 1.54) is 14.0 Å². The van der Waals surface area contributed by atoms with Crippen LogP contribution in [0.4, 0.5) is 17.6 Å². The molecular formula is C14H19F4N3O2S. The van der Waals surface area contributed by atoms with Gasteiger partial charge in [0.15, 0.2) is 15.8 Å². The van der Waals surface area contributed by atoms with Crippen LogP contribution in [-0.4, -0.2) is 39.5 Å². The predicted octanol–water partition coefficient (Wildman–Crippen LogP) is 1.94. The average Bonchev–Trinajstić information content (AvgIpc) is 2.50. The third-order valence-electron chi connectivity index (χ3n) is 3.19. The van der Waals surface area contributed by atoms with Crippen LogP contribution in [0.5, 0.6) is 0 Å². The van der Waals surface area contributed by atoms with Gasteiger partial charge in [0.25, 0.3) is 0 Å². The summed E-state index contributed by atoms with van der Waals surface area (Å²) < 4.78 is 74.5. The van der Waals surface area contributed by atoms with Crippen molar-refractivity contribution in [2.75, 3.05) is 25.1 Å². The maximum Gasteiger partial charge on any atom is 0.416 e. The lowest BCUT2D eigenvalue weighted by Crippen LogP contribution is -2.39. The molecule has 24 heavy (non-hydrogen) atoms. The average molecular weight is 369 g/mol. The van der Waals surface area contributed by atoms with Crippen LogP contribution in [0.2, 0.25) is 0 Å². The van der Waals surface area contributed by atoms with Crippen LogP contribution in [0.3, 0.4) is 0 Å². The van der Waals surface area contributed by atoms with Gasteiger partial charge >= 0.3 is 6.18 Å². The van der Waals surface area contributed by atoms with E-state index < -0.39 is 27.4 Å². The molecule has 0 spiro atoms. The molecule has 0 saturated carbocycles. The molecule has 10 heteroatoms. The number of guanidine groups is 1. The highest BCUT2D eigenvalue weighted by Gasteiger charge is 2.33. The van der Waals surface area contributed by atoms with E-state index in [1.54, 1.807) is 0 Å². The van der Waals surface area contributed by atoms with Gasteiger partial charge in [0.05, 0.1) is 11.3 Å². The van der Waals surface area contributed by atoms with Gasteiger partial charge in [0, 0.05) is 25.9 Å². The van der Waals surface area contributed by atoms with Crippen molar-refractivity contribution in [3.05, 3.63) is 35.1 Å². The van der Waals surface area contributed by atoms with E-state index in [0.29, 0.717) is 6.07 Å². The molecule has 0 aliphatic carbocycles. The second kappa shape index (κ2) is 8.32. The summed E-state index contributed by atoms with van der Waals surface area (Å²) in [5.41, 5.74) is -1.22. The van der Waals surface area contributed by atoms with Crippen LogP contribution < -0.4 is 10.6 Å². The van der Waals surface area contributed by atoms with Crippen LogP contribution in [0.15, 0.2) is 23.2 Å². The number of sulfone groups is 1. The van der Waals surface area contributed by atoms with Gasteiger partial charge in [0.2, 0.25) is 0 Å². The van der Waals surface area contributed by atoms with Crippen molar-refractivity contribution >= 4 is 15.8 Å². The summed E-state index contributed by atoms with van der Waals surface area (Å²) in [6, 6.07) is 2.41. The van der Waals surface area contributed by atoms with Gasteiger partial charge in [-0.3, -0.25) is 4.99 Å². The Balaban J connectivity index is 2.71. The number of benzene rings is 1. The smallest absolute Gasteiger partial charge is 0.355 e. The fourth-order valence-electron chi connectivity index (χ4n) is 1.84. The zero-order valence-electron chi connectivity index (χ0n) is 13.2. The number of halogens is 4. The fourth-order valence-corrected chi connectivity index (χ4v) is 2.54. The first kappa shape index (κ1) is 20.2. The first-order valence-corrected chi connectivity index (χ1v) is 8.91. The first-order chi connectivity index (χ1) is 11.1. The van der Waals surface area contributed by atoms with Gasteiger partial charge in [-0.05, 0) is 17.7 Å². The summed E-state index contributed by atoms with van der Waals surface area (Å²) in [6.45, 7) is 1.36. The Bertz CT molecular complexity index is 688. The fraction of sp³-hybridized carbons (Fsp3) is 0.500. The second-order valence-corrected chi connectivity index (χ2v) is 7.36. The number of aliphatic imine (C=N–C) groups is 1. The zero-order valence-corrected chi connectivity index (χ0v) is 14.1. The molecule has 0 aliphatic heterocycles. The number of nitrogens with one attached hydrogen (secondary N) is 2. The molecule has 0 amide bonds. The van der Waals surface area contributed by atoms with Crippen molar-refractivity contribution in [2.45, 2.75) is 19.6 Å². The summed E-state index contributed by atoms with van der Waals surface area (Å²) in [5, 5.41) is 5.35. The molecule has 0 saturated heterocycles. The minimum absolute atomic E-state index is 0.00519. The van der Waals surface area contributed by atoms with Gasteiger partial charge in [-0.2, -0.15) is 13.2 Å². The molecule has 1 rings (SSSR count). The largest absolute Gasteiger partial charge is 0.416 e. The lowest BCUT2D eigenvalue weighted by atomic mass is 10.1. The third kappa shape index (κ3) is 6.34. The van der Waals surface area contributed by atoms with Gasteiger partial charge in [0.1, 0.15) is 5.82 Å². The number of rotatable bonds is 6. The lowest BCUT2D eigenvalue weighted by Gasteiger charge is -2.16. The lowest BCUT2D eigenvalue weighted by molar-refractivity contribution is -0.138. The van der Waals surface area contributed by atoms with Crippen LogP contribution in [-0.2, 0) is 22.6 Å². The normalized spacial score (nSPS) is 13.0. The van der Waals surface area contributed by atoms with Crippen LogP contribution in [0, 0.1) is 5.82 Å². The highest BCUT2D eigenvalue weighted by Crippen LogP contribution is 2.32. The maximum atomic E-state index is 13.0. The van der Waals surface area contributed by atoms with Crippen molar-refractivity contribution in [1.29, 1.82) is 0 Å². The summed E-state index contributed by atoms with van der Waals surface area (Å²) in [5.74, 6) is -0.933. The molecule has 1 aromatic carbocycles. The Morgan fingerprint density at radius 2 is 1.92 bits per heavy atom. The van der Waals surface area contributed by atoms with Crippen molar-refractivity contribution in [2.24, 2.45) is 4.99 Å². The van der Waals surface area contributed by atoms with Gasteiger partial charge in [-0.1, -0.05) is 13.0 Å². The molecule has 0 radical (unpaired) electrons. The number of hydrogen-bond donors (Lipinski definition) is 2. The van der Waals surface area contributed by atoms with E-state index in [1.807, 2.05) is 0 Å². The van der Waals surface area contributed by atoms with Crippen molar-refractivity contribution < 1.29 is 26.0 Å². The minimum atomic E-state index is -4.68. The Labute approximate surface area is 138 Å². The molecule has 0 aliphatic rings. The van der Waals surface area contributed by atoms with Crippen LogP contribution >= 0.6 is 0 Å². The van der Waals surface area contributed by atoms with E-state index in [-0.39, 0.29) is 36.1 Å². The number of hydrogen-bond acceptors (Lipinski definition) is 3. The third-order valence-corrected chi connectivity index (χ3v) is 4.90. The molecule has 136 valence electrons. The van der Waals surface area contributed by atoms with Crippen molar-refractivity contribution in [3.8, 4) is 0 Å². The van der Waals surface area contributed by atoms with E-state index in [2.05, 4.69) is 15.6 Å². The SMILES string of the molecule is CCS(=O)(=O)CCNC(=NC)NCc1ccc(F)cc1C(F)(F)F. The molecule has 5 nitrogen and oxygen atoms in total. The second-order valence-electron chi connectivity index (χ2n) is 4.89.